The first kappa shape index (κ1) is 14.4. The lowest BCUT2D eigenvalue weighted by Crippen LogP contribution is -2.14. The Bertz CT molecular complexity index is 735. The molecule has 0 radical (unpaired) electrons. The smallest absolute Gasteiger partial charge is 0.230 e. The Morgan fingerprint density at radius 2 is 2.00 bits per heavy atom. The van der Waals surface area contributed by atoms with E-state index in [2.05, 4.69) is 31.6 Å². The molecule has 0 aliphatic carbocycles. The summed E-state index contributed by atoms with van der Waals surface area (Å²) < 4.78 is 0.986. The van der Waals surface area contributed by atoms with Gasteiger partial charge in [0.05, 0.1) is 12.1 Å². The third kappa shape index (κ3) is 3.78. The van der Waals surface area contributed by atoms with Gasteiger partial charge in [-0.05, 0) is 35.7 Å². The maximum absolute atomic E-state index is 12.0. The number of aromatic nitrogens is 1. The van der Waals surface area contributed by atoms with Crippen LogP contribution in [0.15, 0.2) is 50.9 Å². The second-order valence-corrected chi connectivity index (χ2v) is 6.94. The molecule has 1 N–H and O–H groups in total. The van der Waals surface area contributed by atoms with E-state index in [1.165, 1.54) is 0 Å². The van der Waals surface area contributed by atoms with E-state index in [1.807, 2.05) is 41.1 Å². The molecular weight excluding hydrogens is 368 g/mol. The summed E-state index contributed by atoms with van der Waals surface area (Å²) in [5.41, 5.74) is 2.71. The molecular formula is C15H11BrN2OS2. The van der Waals surface area contributed by atoms with Crippen molar-refractivity contribution in [1.82, 2.24) is 4.98 Å². The number of thiophene rings is 1. The first-order chi connectivity index (χ1) is 10.2. The number of carbonyl (C=O) groups is 1. The van der Waals surface area contributed by atoms with Crippen LogP contribution in [0, 0.1) is 0 Å². The van der Waals surface area contributed by atoms with Gasteiger partial charge in [-0.2, -0.15) is 11.3 Å². The number of nitrogens with one attached hydrogen (secondary N) is 1. The van der Waals surface area contributed by atoms with Crippen molar-refractivity contribution in [3.05, 3.63) is 56.6 Å². The van der Waals surface area contributed by atoms with Crippen LogP contribution in [-0.4, -0.2) is 10.9 Å². The molecule has 1 aromatic carbocycles. The summed E-state index contributed by atoms with van der Waals surface area (Å²) >= 11 is 6.58. The molecule has 3 nitrogen and oxygen atoms in total. The average Bonchev–Trinajstić information content (AvgIpc) is 3.12. The number of rotatable bonds is 4. The van der Waals surface area contributed by atoms with Gasteiger partial charge in [-0.3, -0.25) is 4.79 Å². The number of hydrogen-bond acceptors (Lipinski definition) is 4. The van der Waals surface area contributed by atoms with E-state index in [9.17, 15) is 4.79 Å². The van der Waals surface area contributed by atoms with E-state index in [-0.39, 0.29) is 12.3 Å². The van der Waals surface area contributed by atoms with E-state index in [1.54, 1.807) is 22.7 Å². The van der Waals surface area contributed by atoms with Gasteiger partial charge in [0.15, 0.2) is 0 Å². The molecule has 21 heavy (non-hydrogen) atoms. The summed E-state index contributed by atoms with van der Waals surface area (Å²) in [6, 6.07) is 9.55. The van der Waals surface area contributed by atoms with Crippen LogP contribution in [0.25, 0.3) is 10.6 Å². The number of carbonyl (C=O) groups excluding carboxylic acids is 1. The number of benzene rings is 1. The lowest BCUT2D eigenvalue weighted by atomic mass is 10.3. The van der Waals surface area contributed by atoms with Crippen molar-refractivity contribution < 1.29 is 4.79 Å². The number of nitrogens with zero attached hydrogens (tertiary/aromatic N) is 1. The zero-order chi connectivity index (χ0) is 14.7. The molecule has 0 spiro atoms. The van der Waals surface area contributed by atoms with Crippen molar-refractivity contribution in [3.8, 4) is 10.6 Å². The SMILES string of the molecule is O=C(Cc1csc(-c2ccsc2)n1)Nc1ccc(Br)cc1. The third-order valence-electron chi connectivity index (χ3n) is 2.79. The maximum Gasteiger partial charge on any atom is 0.230 e. The van der Waals surface area contributed by atoms with Crippen LogP contribution in [0.5, 0.6) is 0 Å². The minimum atomic E-state index is -0.0560. The molecule has 106 valence electrons. The zero-order valence-electron chi connectivity index (χ0n) is 10.9. The fourth-order valence-corrected chi connectivity index (χ4v) is 3.61. The van der Waals surface area contributed by atoms with Gasteiger partial charge in [0, 0.05) is 26.5 Å². The highest BCUT2D eigenvalue weighted by molar-refractivity contribution is 9.10. The molecule has 0 bridgehead atoms. The monoisotopic (exact) mass is 378 g/mol. The quantitative estimate of drug-likeness (QED) is 0.707. The molecule has 0 saturated heterocycles. The molecule has 6 heteroatoms. The lowest BCUT2D eigenvalue weighted by molar-refractivity contribution is -0.115. The number of anilines is 1. The third-order valence-corrected chi connectivity index (χ3v) is 4.94. The highest BCUT2D eigenvalue weighted by Gasteiger charge is 2.09. The van der Waals surface area contributed by atoms with E-state index >= 15 is 0 Å². The molecule has 3 aromatic rings. The molecule has 1 amide bonds. The first-order valence-corrected chi connectivity index (χ1v) is 8.84. The minimum absolute atomic E-state index is 0.0560. The molecule has 0 unspecified atom stereocenters. The maximum atomic E-state index is 12.0. The van der Waals surface area contributed by atoms with Crippen molar-refractivity contribution in [1.29, 1.82) is 0 Å². The largest absolute Gasteiger partial charge is 0.326 e. The van der Waals surface area contributed by atoms with Crippen molar-refractivity contribution in [2.75, 3.05) is 5.32 Å². The predicted molar refractivity (Wildman–Crippen MR) is 91.9 cm³/mol. The van der Waals surface area contributed by atoms with E-state index in [0.717, 1.165) is 26.4 Å². The minimum Gasteiger partial charge on any atom is -0.326 e. The lowest BCUT2D eigenvalue weighted by Gasteiger charge is -2.03. The van der Waals surface area contributed by atoms with Crippen molar-refractivity contribution in [2.45, 2.75) is 6.42 Å². The Kier molecular flexibility index (Phi) is 4.48. The van der Waals surface area contributed by atoms with Crippen molar-refractivity contribution in [2.24, 2.45) is 0 Å². The van der Waals surface area contributed by atoms with Gasteiger partial charge in [-0.15, -0.1) is 11.3 Å². The predicted octanol–water partition coefficient (Wildman–Crippen LogP) is 4.82. The number of hydrogen-bond donors (Lipinski definition) is 1. The van der Waals surface area contributed by atoms with Crippen LogP contribution in [0.1, 0.15) is 5.69 Å². The Labute approximate surface area is 138 Å². The second-order valence-electron chi connectivity index (χ2n) is 4.39. The second kappa shape index (κ2) is 6.51. The summed E-state index contributed by atoms with van der Waals surface area (Å²) in [6.45, 7) is 0. The van der Waals surface area contributed by atoms with Crippen LogP contribution in [0.4, 0.5) is 5.69 Å². The van der Waals surface area contributed by atoms with Crippen LogP contribution < -0.4 is 5.32 Å². The van der Waals surface area contributed by atoms with Crippen molar-refractivity contribution in [3.63, 3.8) is 0 Å². The molecule has 3 rings (SSSR count). The average molecular weight is 379 g/mol. The van der Waals surface area contributed by atoms with Gasteiger partial charge in [0.25, 0.3) is 0 Å². The highest BCUT2D eigenvalue weighted by atomic mass is 79.9. The fraction of sp³-hybridized carbons (Fsp3) is 0.0667. The number of halogens is 1. The normalized spacial score (nSPS) is 10.5. The molecule has 0 aliphatic rings. The number of amides is 1. The van der Waals surface area contributed by atoms with Crippen LogP contribution in [0.3, 0.4) is 0 Å². The molecule has 0 fully saturated rings. The van der Waals surface area contributed by atoms with Gasteiger partial charge in [0.2, 0.25) is 5.91 Å². The van der Waals surface area contributed by atoms with Gasteiger partial charge in [-0.25, -0.2) is 4.98 Å². The molecule has 2 heterocycles. The Morgan fingerprint density at radius 1 is 1.19 bits per heavy atom. The summed E-state index contributed by atoms with van der Waals surface area (Å²) in [5, 5.41) is 9.85. The van der Waals surface area contributed by atoms with E-state index in [4.69, 9.17) is 0 Å². The van der Waals surface area contributed by atoms with Gasteiger partial charge < -0.3 is 5.32 Å². The fourth-order valence-electron chi connectivity index (χ4n) is 1.81. The standard InChI is InChI=1S/C15H11BrN2OS2/c16-11-1-3-12(4-2-11)17-14(19)7-13-9-21-15(18-13)10-5-6-20-8-10/h1-6,8-9H,7H2,(H,17,19). The summed E-state index contributed by atoms with van der Waals surface area (Å²) in [7, 11) is 0. The van der Waals surface area contributed by atoms with Crippen LogP contribution >= 0.6 is 38.6 Å². The Hall–Kier alpha value is -1.50. The Balaban J connectivity index is 1.64. The van der Waals surface area contributed by atoms with E-state index < -0.39 is 0 Å². The van der Waals surface area contributed by atoms with E-state index in [0.29, 0.717) is 0 Å². The van der Waals surface area contributed by atoms with Crippen LogP contribution in [0.2, 0.25) is 0 Å². The van der Waals surface area contributed by atoms with Gasteiger partial charge in [0.1, 0.15) is 5.01 Å². The summed E-state index contributed by atoms with van der Waals surface area (Å²) in [4.78, 5) is 16.5. The topological polar surface area (TPSA) is 42.0 Å². The molecule has 0 aliphatic heterocycles. The number of thiazole rings is 1. The first-order valence-electron chi connectivity index (χ1n) is 6.23. The molecule has 0 saturated carbocycles. The zero-order valence-corrected chi connectivity index (χ0v) is 14.1. The molecule has 0 atom stereocenters. The highest BCUT2D eigenvalue weighted by Crippen LogP contribution is 2.26. The summed E-state index contributed by atoms with van der Waals surface area (Å²) in [6.07, 6.45) is 0.288. The molecule has 2 aromatic heterocycles. The summed E-state index contributed by atoms with van der Waals surface area (Å²) in [5.74, 6) is -0.0560. The van der Waals surface area contributed by atoms with Gasteiger partial charge >= 0.3 is 0 Å². The Morgan fingerprint density at radius 3 is 2.71 bits per heavy atom. The van der Waals surface area contributed by atoms with Crippen LogP contribution in [-0.2, 0) is 11.2 Å². The van der Waals surface area contributed by atoms with Crippen molar-refractivity contribution >= 4 is 50.2 Å². The van der Waals surface area contributed by atoms with Gasteiger partial charge in [-0.1, -0.05) is 15.9 Å².